The smallest absolute Gasteiger partial charge is 0.422 e. The Balaban J connectivity index is 1.18. The summed E-state index contributed by atoms with van der Waals surface area (Å²) in [5.41, 5.74) is 3.57. The maximum atomic E-state index is 14.3. The molecule has 248 valence electrons. The molecule has 2 fully saturated rings. The van der Waals surface area contributed by atoms with E-state index in [1.165, 1.54) is 12.4 Å². The lowest BCUT2D eigenvalue weighted by atomic mass is 10.0. The minimum absolute atomic E-state index is 0.0842. The molecule has 0 bridgehead atoms. The molecule has 0 radical (unpaired) electrons. The first-order valence-electron chi connectivity index (χ1n) is 15.7. The summed E-state index contributed by atoms with van der Waals surface area (Å²) in [6.07, 6.45) is 0.399. The van der Waals surface area contributed by atoms with Crippen LogP contribution in [0.4, 0.5) is 46.3 Å². The Labute approximate surface area is 271 Å². The fraction of sp³-hybridized carbons (Fsp3) is 0.382. The molecule has 6 rings (SSSR count). The molecule has 2 aliphatic heterocycles. The highest BCUT2D eigenvalue weighted by molar-refractivity contribution is 5.73. The third kappa shape index (κ3) is 8.27. The van der Waals surface area contributed by atoms with E-state index in [2.05, 4.69) is 47.3 Å². The monoisotopic (exact) mass is 650 g/mol. The lowest BCUT2D eigenvalue weighted by molar-refractivity contribution is -0.153. The van der Waals surface area contributed by atoms with Crippen molar-refractivity contribution in [3.63, 3.8) is 0 Å². The molecule has 2 aliphatic rings. The minimum atomic E-state index is -4.50. The highest BCUT2D eigenvalue weighted by Crippen LogP contribution is 2.37. The lowest BCUT2D eigenvalue weighted by Crippen LogP contribution is -2.52. The van der Waals surface area contributed by atoms with Gasteiger partial charge in [0.1, 0.15) is 29.5 Å². The van der Waals surface area contributed by atoms with Crippen molar-refractivity contribution in [1.29, 1.82) is 0 Å². The van der Waals surface area contributed by atoms with E-state index in [0.717, 1.165) is 63.4 Å². The molecule has 0 saturated carbocycles. The number of rotatable bonds is 9. The normalized spacial score (nSPS) is 16.7. The number of hydrogen-bond acceptors (Lipinski definition) is 9. The zero-order valence-corrected chi connectivity index (χ0v) is 26.4. The third-order valence-electron chi connectivity index (χ3n) is 8.66. The second-order valence-corrected chi connectivity index (χ2v) is 12.0. The van der Waals surface area contributed by atoms with Crippen LogP contribution in [0.3, 0.4) is 0 Å². The molecule has 47 heavy (non-hydrogen) atoms. The summed E-state index contributed by atoms with van der Waals surface area (Å²) in [5, 5.41) is 6.30. The first-order valence-corrected chi connectivity index (χ1v) is 15.7. The maximum absolute atomic E-state index is 14.3. The van der Waals surface area contributed by atoms with Crippen LogP contribution in [0.5, 0.6) is 5.75 Å². The van der Waals surface area contributed by atoms with E-state index >= 15 is 0 Å². The lowest BCUT2D eigenvalue weighted by Gasteiger charge is -2.43. The molecule has 0 aliphatic carbocycles. The summed E-state index contributed by atoms with van der Waals surface area (Å²) in [4.78, 5) is 20.0. The second-order valence-electron chi connectivity index (χ2n) is 12.0. The predicted molar refractivity (Wildman–Crippen MR) is 175 cm³/mol. The van der Waals surface area contributed by atoms with Gasteiger partial charge in [-0.3, -0.25) is 9.88 Å². The number of benzene rings is 2. The number of ether oxygens (including phenoxy) is 1. The van der Waals surface area contributed by atoms with Gasteiger partial charge in [-0.15, -0.1) is 0 Å². The van der Waals surface area contributed by atoms with E-state index in [1.54, 1.807) is 54.7 Å². The average molecular weight is 651 g/mol. The molecule has 2 aromatic carbocycles. The highest BCUT2D eigenvalue weighted by Gasteiger charge is 2.30. The van der Waals surface area contributed by atoms with Crippen molar-refractivity contribution < 1.29 is 22.3 Å². The topological polar surface area (TPSA) is 81.7 Å². The molecular weight excluding hydrogens is 612 g/mol. The number of nitrogens with zero attached hydrogens (tertiary/aromatic N) is 6. The van der Waals surface area contributed by atoms with Crippen LogP contribution < -0.4 is 20.3 Å². The molecule has 13 heteroatoms. The number of alkyl halides is 3. The quantitative estimate of drug-likeness (QED) is 0.194. The van der Waals surface area contributed by atoms with Crippen molar-refractivity contribution in [1.82, 2.24) is 24.8 Å². The second kappa shape index (κ2) is 14.1. The largest absolute Gasteiger partial charge is 0.482 e. The minimum Gasteiger partial charge on any atom is -0.482 e. The Morgan fingerprint density at radius 1 is 0.872 bits per heavy atom. The molecule has 0 amide bonds. The van der Waals surface area contributed by atoms with E-state index in [9.17, 15) is 17.6 Å². The van der Waals surface area contributed by atoms with Crippen LogP contribution in [0.2, 0.25) is 0 Å². The van der Waals surface area contributed by atoms with E-state index < -0.39 is 12.8 Å². The summed E-state index contributed by atoms with van der Waals surface area (Å²) in [6, 6.07) is 15.4. The molecule has 0 unspecified atom stereocenters. The van der Waals surface area contributed by atoms with Crippen LogP contribution in [0.1, 0.15) is 18.4 Å². The number of aryl methyl sites for hydroxylation is 1. The predicted octanol–water partition coefficient (Wildman–Crippen LogP) is 6.63. The van der Waals surface area contributed by atoms with Crippen molar-refractivity contribution in [3.05, 3.63) is 78.5 Å². The number of likely N-dealkylation sites (N-methyl/N-ethyl adjacent to an activating group) is 1. The zero-order valence-electron chi connectivity index (χ0n) is 26.4. The number of hydrogen-bond donors (Lipinski definition) is 2. The van der Waals surface area contributed by atoms with Crippen molar-refractivity contribution >= 4 is 28.7 Å². The molecule has 0 spiro atoms. The van der Waals surface area contributed by atoms with Crippen LogP contribution in [0.15, 0.2) is 67.1 Å². The van der Waals surface area contributed by atoms with Crippen molar-refractivity contribution in [2.45, 2.75) is 32.0 Å². The zero-order chi connectivity index (χ0) is 33.0. The molecule has 2 saturated heterocycles. The van der Waals surface area contributed by atoms with E-state index in [-0.39, 0.29) is 11.6 Å². The fourth-order valence-electron chi connectivity index (χ4n) is 6.16. The third-order valence-corrected chi connectivity index (χ3v) is 8.66. The van der Waals surface area contributed by atoms with Gasteiger partial charge in [0, 0.05) is 80.6 Å². The van der Waals surface area contributed by atoms with Gasteiger partial charge in [0.25, 0.3) is 0 Å². The number of nitrogens with one attached hydrogen (secondary N) is 2. The summed E-state index contributed by atoms with van der Waals surface area (Å²) < 4.78 is 59.5. The standard InChI is InChI=1S/C34H38F4N8O/c1-23-17-29(43-33-20-32(40-22-41-33)42-24-7-10-39-28(18-24)26-5-3-4-6-27(26)35)31(47-21-34(36,37)38)19-30(23)46-11-8-25(9-12-46)45-15-13-44(2)14-16-45/h3-7,10,17-20,22,25H,8-9,11-16,21H2,1-2H3,(H2,39,40,41,42,43). The Morgan fingerprint density at radius 3 is 2.32 bits per heavy atom. The number of aromatic nitrogens is 3. The van der Waals surface area contributed by atoms with Crippen LogP contribution in [-0.4, -0.2) is 89.9 Å². The highest BCUT2D eigenvalue weighted by atomic mass is 19.4. The summed E-state index contributed by atoms with van der Waals surface area (Å²) >= 11 is 0. The number of piperazine rings is 1. The van der Waals surface area contributed by atoms with Crippen LogP contribution in [0, 0.1) is 12.7 Å². The van der Waals surface area contributed by atoms with Crippen molar-refractivity contribution in [2.24, 2.45) is 0 Å². The summed E-state index contributed by atoms with van der Waals surface area (Å²) in [5.74, 6) is 0.469. The van der Waals surface area contributed by atoms with Gasteiger partial charge in [0.2, 0.25) is 0 Å². The van der Waals surface area contributed by atoms with Crippen LogP contribution in [-0.2, 0) is 0 Å². The van der Waals surface area contributed by atoms with Gasteiger partial charge < -0.3 is 25.2 Å². The molecule has 2 aromatic heterocycles. The average Bonchev–Trinajstić information content (AvgIpc) is 3.05. The first kappa shape index (κ1) is 32.5. The number of pyridine rings is 1. The summed E-state index contributed by atoms with van der Waals surface area (Å²) in [7, 11) is 2.15. The van der Waals surface area contributed by atoms with Gasteiger partial charge in [0.15, 0.2) is 6.61 Å². The Bertz CT molecular complexity index is 1670. The van der Waals surface area contributed by atoms with Gasteiger partial charge in [-0.05, 0) is 62.7 Å². The van der Waals surface area contributed by atoms with E-state index in [0.29, 0.717) is 40.3 Å². The Kier molecular flexibility index (Phi) is 9.73. The molecule has 4 heterocycles. The van der Waals surface area contributed by atoms with Crippen molar-refractivity contribution in [2.75, 3.05) is 68.5 Å². The van der Waals surface area contributed by atoms with Gasteiger partial charge in [-0.1, -0.05) is 12.1 Å². The van der Waals surface area contributed by atoms with Crippen LogP contribution in [0.25, 0.3) is 11.3 Å². The van der Waals surface area contributed by atoms with Gasteiger partial charge >= 0.3 is 6.18 Å². The van der Waals surface area contributed by atoms with Gasteiger partial charge in [-0.25, -0.2) is 14.4 Å². The molecule has 0 atom stereocenters. The molecule has 4 aromatic rings. The van der Waals surface area contributed by atoms with Gasteiger partial charge in [0.05, 0.1) is 11.4 Å². The Hall–Kier alpha value is -4.49. The van der Waals surface area contributed by atoms with Gasteiger partial charge in [-0.2, -0.15) is 13.2 Å². The summed E-state index contributed by atoms with van der Waals surface area (Å²) in [6.45, 7) is 6.43. The number of anilines is 5. The molecule has 2 N–H and O–H groups in total. The van der Waals surface area contributed by atoms with Crippen LogP contribution >= 0.6 is 0 Å². The SMILES string of the molecule is Cc1cc(Nc2cc(Nc3ccnc(-c4ccccc4F)c3)ncn2)c(OCC(F)(F)F)cc1N1CCC(N2CCN(C)CC2)CC1. The van der Waals surface area contributed by atoms with E-state index in [1.807, 2.05) is 6.92 Å². The first-order chi connectivity index (χ1) is 22.6. The molecular formula is C34H38F4N8O. The Morgan fingerprint density at radius 2 is 1.60 bits per heavy atom. The number of halogens is 4. The molecule has 9 nitrogen and oxygen atoms in total. The van der Waals surface area contributed by atoms with Crippen molar-refractivity contribution in [3.8, 4) is 17.0 Å². The van der Waals surface area contributed by atoms with E-state index in [4.69, 9.17) is 4.74 Å². The number of piperidine rings is 1. The fourth-order valence-corrected chi connectivity index (χ4v) is 6.16. The maximum Gasteiger partial charge on any atom is 0.422 e.